The molecule has 0 aromatic heterocycles. The number of benzene rings is 1. The van der Waals surface area contributed by atoms with Crippen molar-refractivity contribution in [2.24, 2.45) is 0 Å². The van der Waals surface area contributed by atoms with Crippen molar-refractivity contribution < 1.29 is 4.74 Å². The molecule has 100 valence electrons. The Morgan fingerprint density at radius 1 is 1.22 bits per heavy atom. The molecular weight excluding hydrogens is 269 g/mol. The first-order valence-corrected chi connectivity index (χ1v) is 7.21. The molecule has 1 aromatic rings. The number of ether oxygens (including phenoxy) is 1. The number of aryl methyl sites for hydroxylation is 1. The summed E-state index contributed by atoms with van der Waals surface area (Å²) in [5, 5.41) is 4.88. The van der Waals surface area contributed by atoms with Crippen LogP contribution in [0.15, 0.2) is 12.1 Å². The average Bonchev–Trinajstić information content (AvgIpc) is 3.16. The van der Waals surface area contributed by atoms with E-state index in [9.17, 15) is 0 Å². The second-order valence-corrected chi connectivity index (χ2v) is 5.58. The van der Waals surface area contributed by atoms with Crippen LogP contribution in [0.2, 0.25) is 10.0 Å². The Kier molecular flexibility index (Phi) is 5.16. The monoisotopic (exact) mass is 287 g/mol. The molecule has 0 heterocycles. The molecule has 2 nitrogen and oxygen atoms in total. The lowest BCUT2D eigenvalue weighted by atomic mass is 10.1. The Balaban J connectivity index is 1.78. The van der Waals surface area contributed by atoms with Gasteiger partial charge in [-0.05, 0) is 50.3 Å². The van der Waals surface area contributed by atoms with E-state index in [2.05, 4.69) is 5.32 Å². The predicted octanol–water partition coefficient (Wildman–Crippen LogP) is 4.08. The van der Waals surface area contributed by atoms with Gasteiger partial charge in [0, 0.05) is 17.1 Å². The quantitative estimate of drug-likeness (QED) is 0.763. The largest absolute Gasteiger partial charge is 0.495 e. The molecule has 0 atom stereocenters. The Hall–Kier alpha value is -0.440. The molecule has 1 aliphatic carbocycles. The maximum atomic E-state index is 6.20. The summed E-state index contributed by atoms with van der Waals surface area (Å²) >= 11 is 12.3. The van der Waals surface area contributed by atoms with E-state index in [4.69, 9.17) is 27.9 Å². The number of methoxy groups -OCH3 is 1. The Morgan fingerprint density at radius 3 is 2.67 bits per heavy atom. The van der Waals surface area contributed by atoms with Crippen LogP contribution in [0, 0.1) is 0 Å². The molecular formula is C14H19Cl2NO. The standard InChI is InChI=1S/C14H19Cl2NO/c1-18-14-9-12(15)10(8-13(14)16)4-2-3-7-17-11-5-6-11/h8-9,11,17H,2-7H2,1H3. The predicted molar refractivity (Wildman–Crippen MR) is 77.0 cm³/mol. The number of unbranched alkanes of at least 4 members (excludes halogenated alkanes) is 1. The third-order valence-electron chi connectivity index (χ3n) is 3.20. The van der Waals surface area contributed by atoms with Crippen LogP contribution in [-0.4, -0.2) is 19.7 Å². The minimum atomic E-state index is 0.632. The smallest absolute Gasteiger partial charge is 0.138 e. The van der Waals surface area contributed by atoms with Gasteiger partial charge >= 0.3 is 0 Å². The molecule has 1 aliphatic rings. The van der Waals surface area contributed by atoms with Crippen LogP contribution in [0.25, 0.3) is 0 Å². The lowest BCUT2D eigenvalue weighted by molar-refractivity contribution is 0.415. The van der Waals surface area contributed by atoms with E-state index in [0.717, 1.165) is 36.0 Å². The van der Waals surface area contributed by atoms with Gasteiger partial charge in [0.15, 0.2) is 0 Å². The summed E-state index contributed by atoms with van der Waals surface area (Å²) in [5.41, 5.74) is 1.11. The number of hydrogen-bond donors (Lipinski definition) is 1. The lowest BCUT2D eigenvalue weighted by Gasteiger charge is -2.09. The molecule has 1 fully saturated rings. The number of halogens is 2. The molecule has 1 N–H and O–H groups in total. The minimum Gasteiger partial charge on any atom is -0.495 e. The highest BCUT2D eigenvalue weighted by Crippen LogP contribution is 2.31. The van der Waals surface area contributed by atoms with Gasteiger partial charge in [0.25, 0.3) is 0 Å². The van der Waals surface area contributed by atoms with E-state index in [-0.39, 0.29) is 0 Å². The van der Waals surface area contributed by atoms with Gasteiger partial charge < -0.3 is 10.1 Å². The van der Waals surface area contributed by atoms with E-state index in [1.54, 1.807) is 13.2 Å². The van der Waals surface area contributed by atoms with E-state index in [1.807, 2.05) is 6.07 Å². The molecule has 1 aromatic carbocycles. The molecule has 0 aliphatic heterocycles. The van der Waals surface area contributed by atoms with Crippen molar-refractivity contribution in [1.29, 1.82) is 0 Å². The molecule has 0 saturated heterocycles. The molecule has 2 rings (SSSR count). The Bertz CT molecular complexity index is 405. The summed E-state index contributed by atoms with van der Waals surface area (Å²) in [4.78, 5) is 0. The number of nitrogens with one attached hydrogen (secondary N) is 1. The van der Waals surface area contributed by atoms with Gasteiger partial charge in [-0.15, -0.1) is 0 Å². The third-order valence-corrected chi connectivity index (χ3v) is 3.85. The van der Waals surface area contributed by atoms with Crippen LogP contribution in [0.4, 0.5) is 0 Å². The van der Waals surface area contributed by atoms with Gasteiger partial charge in [0.1, 0.15) is 5.75 Å². The van der Waals surface area contributed by atoms with Crippen LogP contribution in [0.1, 0.15) is 31.2 Å². The normalized spacial score (nSPS) is 14.8. The molecule has 1 saturated carbocycles. The van der Waals surface area contributed by atoms with Crippen LogP contribution in [-0.2, 0) is 6.42 Å². The van der Waals surface area contributed by atoms with Crippen molar-refractivity contribution in [2.45, 2.75) is 38.1 Å². The maximum Gasteiger partial charge on any atom is 0.138 e. The van der Waals surface area contributed by atoms with Crippen molar-refractivity contribution in [3.05, 3.63) is 27.7 Å². The highest BCUT2D eigenvalue weighted by Gasteiger charge is 2.19. The molecule has 4 heteroatoms. The lowest BCUT2D eigenvalue weighted by Crippen LogP contribution is -2.17. The van der Waals surface area contributed by atoms with E-state index >= 15 is 0 Å². The van der Waals surface area contributed by atoms with Gasteiger partial charge in [0.05, 0.1) is 12.1 Å². The van der Waals surface area contributed by atoms with Crippen LogP contribution < -0.4 is 10.1 Å². The zero-order valence-electron chi connectivity index (χ0n) is 10.6. The number of hydrogen-bond acceptors (Lipinski definition) is 2. The van der Waals surface area contributed by atoms with Crippen molar-refractivity contribution in [3.8, 4) is 5.75 Å². The molecule has 0 amide bonds. The van der Waals surface area contributed by atoms with E-state index < -0.39 is 0 Å². The first-order valence-electron chi connectivity index (χ1n) is 6.46. The van der Waals surface area contributed by atoms with Gasteiger partial charge in [-0.3, -0.25) is 0 Å². The summed E-state index contributed by atoms with van der Waals surface area (Å²) in [5.74, 6) is 0.640. The zero-order valence-corrected chi connectivity index (χ0v) is 12.2. The fraction of sp³-hybridized carbons (Fsp3) is 0.571. The third kappa shape index (κ3) is 4.04. The van der Waals surface area contributed by atoms with Crippen LogP contribution in [0.5, 0.6) is 5.75 Å². The maximum absolute atomic E-state index is 6.20. The topological polar surface area (TPSA) is 21.3 Å². The highest BCUT2D eigenvalue weighted by molar-refractivity contribution is 6.34. The van der Waals surface area contributed by atoms with E-state index in [0.29, 0.717) is 10.8 Å². The minimum absolute atomic E-state index is 0.632. The zero-order chi connectivity index (χ0) is 13.0. The van der Waals surface area contributed by atoms with Gasteiger partial charge in [0.2, 0.25) is 0 Å². The first-order chi connectivity index (χ1) is 8.70. The summed E-state index contributed by atoms with van der Waals surface area (Å²) in [7, 11) is 1.60. The summed E-state index contributed by atoms with van der Waals surface area (Å²) in [6, 6.07) is 4.50. The first kappa shape index (κ1) is 14.0. The van der Waals surface area contributed by atoms with Crippen molar-refractivity contribution >= 4 is 23.2 Å². The molecule has 0 spiro atoms. The van der Waals surface area contributed by atoms with Gasteiger partial charge in [-0.2, -0.15) is 0 Å². The van der Waals surface area contributed by atoms with Crippen molar-refractivity contribution in [2.75, 3.05) is 13.7 Å². The van der Waals surface area contributed by atoms with E-state index in [1.165, 1.54) is 19.3 Å². The van der Waals surface area contributed by atoms with Crippen LogP contribution in [0.3, 0.4) is 0 Å². The Labute approximate surface area is 119 Å². The average molecular weight is 288 g/mol. The Morgan fingerprint density at radius 2 is 2.00 bits per heavy atom. The molecule has 18 heavy (non-hydrogen) atoms. The fourth-order valence-corrected chi connectivity index (χ4v) is 2.46. The summed E-state index contributed by atoms with van der Waals surface area (Å²) in [6.45, 7) is 1.10. The van der Waals surface area contributed by atoms with Crippen LogP contribution >= 0.6 is 23.2 Å². The molecule has 0 radical (unpaired) electrons. The fourth-order valence-electron chi connectivity index (χ4n) is 1.95. The SMILES string of the molecule is COc1cc(Cl)c(CCCCNC2CC2)cc1Cl. The second kappa shape index (κ2) is 6.65. The second-order valence-electron chi connectivity index (χ2n) is 4.76. The summed E-state index contributed by atoms with van der Waals surface area (Å²) in [6.07, 6.45) is 5.97. The van der Waals surface area contributed by atoms with Gasteiger partial charge in [-0.25, -0.2) is 0 Å². The van der Waals surface area contributed by atoms with Crippen molar-refractivity contribution in [1.82, 2.24) is 5.32 Å². The van der Waals surface area contributed by atoms with Gasteiger partial charge in [-0.1, -0.05) is 23.2 Å². The highest BCUT2D eigenvalue weighted by atomic mass is 35.5. The van der Waals surface area contributed by atoms with Crippen molar-refractivity contribution in [3.63, 3.8) is 0 Å². The molecule has 0 bridgehead atoms. The molecule has 0 unspecified atom stereocenters. The summed E-state index contributed by atoms with van der Waals surface area (Å²) < 4.78 is 5.13. The number of rotatable bonds is 7.